The van der Waals surface area contributed by atoms with Crippen molar-refractivity contribution in [2.75, 3.05) is 19.7 Å². The molecule has 2 aromatic rings. The summed E-state index contributed by atoms with van der Waals surface area (Å²) in [5.74, 6) is -0.868. The molecule has 2 N–H and O–H groups in total. The van der Waals surface area contributed by atoms with Crippen LogP contribution in [0.4, 0.5) is 0 Å². The van der Waals surface area contributed by atoms with Gasteiger partial charge in [-0.1, -0.05) is 55.7 Å². The van der Waals surface area contributed by atoms with Crippen molar-refractivity contribution < 1.29 is 24.2 Å². The summed E-state index contributed by atoms with van der Waals surface area (Å²) < 4.78 is 5.18. The largest absolute Gasteiger partial charge is 0.507 e. The standard InChI is InChI=1S/C28H34N2O5/c31-25-12-11-21(17-20-7-3-1-4-8-20)18-24(25)28(34)35-19-26(32)29-23-13-15-30(16-14-23)27(33)22-9-5-2-6-10-22/h1,3-4,7-8,11-12,18,22-23,31H,2,5-6,9-10,13-17,19H2,(H,29,32). The normalized spacial score (nSPS) is 17.1. The first-order chi connectivity index (χ1) is 17.0. The number of likely N-dealkylation sites (tertiary alicyclic amines) is 1. The maximum Gasteiger partial charge on any atom is 0.342 e. The Labute approximate surface area is 206 Å². The molecule has 0 radical (unpaired) electrons. The topological polar surface area (TPSA) is 95.9 Å². The number of benzene rings is 2. The molecule has 35 heavy (non-hydrogen) atoms. The molecule has 1 saturated carbocycles. The van der Waals surface area contributed by atoms with Gasteiger partial charge in [-0.3, -0.25) is 9.59 Å². The highest BCUT2D eigenvalue weighted by Gasteiger charge is 2.29. The van der Waals surface area contributed by atoms with Gasteiger partial charge in [0.25, 0.3) is 5.91 Å². The Morgan fingerprint density at radius 1 is 0.914 bits per heavy atom. The van der Waals surface area contributed by atoms with E-state index in [0.717, 1.165) is 36.8 Å². The summed E-state index contributed by atoms with van der Waals surface area (Å²) in [5.41, 5.74) is 1.99. The number of phenolic OH excluding ortho intramolecular Hbond substituents is 1. The van der Waals surface area contributed by atoms with E-state index in [4.69, 9.17) is 4.74 Å². The van der Waals surface area contributed by atoms with Gasteiger partial charge in [0.05, 0.1) is 0 Å². The van der Waals surface area contributed by atoms with Crippen molar-refractivity contribution >= 4 is 17.8 Å². The highest BCUT2D eigenvalue weighted by atomic mass is 16.5. The third-order valence-electron chi connectivity index (χ3n) is 6.99. The van der Waals surface area contributed by atoms with E-state index in [0.29, 0.717) is 32.4 Å². The summed E-state index contributed by atoms with van der Waals surface area (Å²) >= 11 is 0. The summed E-state index contributed by atoms with van der Waals surface area (Å²) in [6, 6.07) is 14.6. The van der Waals surface area contributed by atoms with Gasteiger partial charge in [-0.15, -0.1) is 0 Å². The average Bonchev–Trinajstić information content (AvgIpc) is 2.89. The van der Waals surface area contributed by atoms with Crippen molar-refractivity contribution in [2.24, 2.45) is 5.92 Å². The zero-order chi connectivity index (χ0) is 24.6. The van der Waals surface area contributed by atoms with E-state index < -0.39 is 12.6 Å². The fraction of sp³-hybridized carbons (Fsp3) is 0.464. The maximum atomic E-state index is 12.7. The number of phenols is 1. The lowest BCUT2D eigenvalue weighted by Gasteiger charge is -2.35. The van der Waals surface area contributed by atoms with E-state index in [9.17, 15) is 19.5 Å². The van der Waals surface area contributed by atoms with Gasteiger partial charge in [0.1, 0.15) is 11.3 Å². The zero-order valence-corrected chi connectivity index (χ0v) is 20.1. The third kappa shape index (κ3) is 6.84. The van der Waals surface area contributed by atoms with Gasteiger partial charge >= 0.3 is 5.97 Å². The van der Waals surface area contributed by atoms with E-state index in [1.807, 2.05) is 35.2 Å². The number of nitrogens with one attached hydrogen (secondary N) is 1. The molecule has 1 aliphatic carbocycles. The molecule has 2 fully saturated rings. The van der Waals surface area contributed by atoms with Crippen LogP contribution in [0.3, 0.4) is 0 Å². The number of rotatable bonds is 7. The fourth-order valence-electron chi connectivity index (χ4n) is 5.02. The molecule has 2 amide bonds. The number of esters is 1. The number of ether oxygens (including phenoxy) is 1. The van der Waals surface area contributed by atoms with Gasteiger partial charge in [0.15, 0.2) is 6.61 Å². The Balaban J connectivity index is 1.22. The van der Waals surface area contributed by atoms with E-state index in [1.54, 1.807) is 12.1 Å². The molecule has 0 aromatic heterocycles. The number of piperidine rings is 1. The molecule has 1 aliphatic heterocycles. The second kappa shape index (κ2) is 11.9. The molecule has 0 unspecified atom stereocenters. The molecule has 0 atom stereocenters. The predicted octanol–water partition coefficient (Wildman–Crippen LogP) is 3.83. The lowest BCUT2D eigenvalue weighted by atomic mass is 9.87. The highest BCUT2D eigenvalue weighted by Crippen LogP contribution is 2.27. The third-order valence-corrected chi connectivity index (χ3v) is 6.99. The lowest BCUT2D eigenvalue weighted by molar-refractivity contribution is -0.137. The second-order valence-electron chi connectivity index (χ2n) is 9.59. The minimum atomic E-state index is -0.736. The van der Waals surface area contributed by atoms with Crippen molar-refractivity contribution in [3.8, 4) is 5.75 Å². The van der Waals surface area contributed by atoms with Crippen LogP contribution >= 0.6 is 0 Å². The Bertz CT molecular complexity index is 1020. The highest BCUT2D eigenvalue weighted by molar-refractivity contribution is 5.94. The predicted molar refractivity (Wildman–Crippen MR) is 132 cm³/mol. The molecular weight excluding hydrogens is 444 g/mol. The maximum absolute atomic E-state index is 12.7. The minimum Gasteiger partial charge on any atom is -0.507 e. The van der Waals surface area contributed by atoms with E-state index in [1.165, 1.54) is 12.5 Å². The quantitative estimate of drug-likeness (QED) is 0.590. The molecule has 4 rings (SSSR count). The van der Waals surface area contributed by atoms with E-state index in [-0.39, 0.29) is 35.1 Å². The SMILES string of the molecule is O=C(COC(=O)c1cc(Cc2ccccc2)ccc1O)NC1CCN(C(=O)C2CCCCC2)CC1. The van der Waals surface area contributed by atoms with Gasteiger partial charge < -0.3 is 20.1 Å². The summed E-state index contributed by atoms with van der Waals surface area (Å²) in [6.45, 7) is 0.868. The number of aromatic hydroxyl groups is 1. The molecular formula is C28H34N2O5. The van der Waals surface area contributed by atoms with E-state index in [2.05, 4.69) is 5.32 Å². The van der Waals surface area contributed by atoms with Crippen LogP contribution in [0.25, 0.3) is 0 Å². The summed E-state index contributed by atoms with van der Waals surface area (Å²) in [7, 11) is 0. The summed E-state index contributed by atoms with van der Waals surface area (Å²) in [4.78, 5) is 39.5. The minimum absolute atomic E-state index is 0.0424. The van der Waals surface area contributed by atoms with Crippen LogP contribution in [-0.4, -0.2) is 53.5 Å². The molecule has 7 heteroatoms. The van der Waals surface area contributed by atoms with Crippen molar-refractivity contribution in [3.63, 3.8) is 0 Å². The average molecular weight is 479 g/mol. The van der Waals surface area contributed by atoms with Crippen LogP contribution in [0.5, 0.6) is 5.75 Å². The molecule has 2 aromatic carbocycles. The number of amides is 2. The Kier molecular flexibility index (Phi) is 8.40. The first kappa shape index (κ1) is 24.8. The number of nitrogens with zero attached hydrogens (tertiary/aromatic N) is 1. The number of hydrogen-bond acceptors (Lipinski definition) is 5. The fourth-order valence-corrected chi connectivity index (χ4v) is 5.02. The molecule has 7 nitrogen and oxygen atoms in total. The van der Waals surface area contributed by atoms with Gasteiger partial charge in [-0.05, 0) is 55.4 Å². The van der Waals surface area contributed by atoms with Gasteiger partial charge in [0, 0.05) is 25.0 Å². The van der Waals surface area contributed by atoms with Crippen LogP contribution < -0.4 is 5.32 Å². The summed E-state index contributed by atoms with van der Waals surface area (Å²) in [6.07, 6.45) is 7.48. The van der Waals surface area contributed by atoms with Crippen molar-refractivity contribution in [3.05, 3.63) is 65.2 Å². The zero-order valence-electron chi connectivity index (χ0n) is 20.1. The summed E-state index contributed by atoms with van der Waals surface area (Å²) in [5, 5.41) is 13.0. The number of carbonyl (C=O) groups excluding carboxylic acids is 3. The van der Waals surface area contributed by atoms with Crippen LogP contribution in [0.2, 0.25) is 0 Å². The van der Waals surface area contributed by atoms with Gasteiger partial charge in [0.2, 0.25) is 5.91 Å². The Morgan fingerprint density at radius 3 is 2.34 bits per heavy atom. The number of hydrogen-bond donors (Lipinski definition) is 2. The monoisotopic (exact) mass is 478 g/mol. The Hall–Kier alpha value is -3.35. The lowest BCUT2D eigenvalue weighted by Crippen LogP contribution is -2.48. The first-order valence-corrected chi connectivity index (χ1v) is 12.6. The van der Waals surface area contributed by atoms with Crippen LogP contribution in [0.1, 0.15) is 66.4 Å². The van der Waals surface area contributed by atoms with Gasteiger partial charge in [-0.25, -0.2) is 4.79 Å². The van der Waals surface area contributed by atoms with Crippen LogP contribution in [0, 0.1) is 5.92 Å². The van der Waals surface area contributed by atoms with E-state index >= 15 is 0 Å². The Morgan fingerprint density at radius 2 is 1.63 bits per heavy atom. The van der Waals surface area contributed by atoms with Crippen LogP contribution in [0.15, 0.2) is 48.5 Å². The molecule has 186 valence electrons. The molecule has 1 heterocycles. The van der Waals surface area contributed by atoms with Gasteiger partial charge in [-0.2, -0.15) is 0 Å². The second-order valence-corrected chi connectivity index (χ2v) is 9.59. The smallest absolute Gasteiger partial charge is 0.342 e. The molecule has 0 bridgehead atoms. The molecule has 2 aliphatic rings. The van der Waals surface area contributed by atoms with Crippen LogP contribution in [-0.2, 0) is 20.7 Å². The van der Waals surface area contributed by atoms with Crippen molar-refractivity contribution in [2.45, 2.75) is 57.4 Å². The first-order valence-electron chi connectivity index (χ1n) is 12.6. The number of carbonyl (C=O) groups is 3. The molecule has 1 saturated heterocycles. The van der Waals surface area contributed by atoms with Crippen molar-refractivity contribution in [1.82, 2.24) is 10.2 Å². The van der Waals surface area contributed by atoms with Crippen molar-refractivity contribution in [1.29, 1.82) is 0 Å². The molecule has 0 spiro atoms.